The van der Waals surface area contributed by atoms with Crippen molar-refractivity contribution < 1.29 is 0 Å². The fraction of sp³-hybridized carbons (Fsp3) is 0.0909. The molecule has 0 fully saturated rings. The minimum absolute atomic E-state index is 0.200. The Morgan fingerprint density at radius 3 is 2.80 bits per heavy atom. The van der Waals surface area contributed by atoms with Crippen LogP contribution in [0.3, 0.4) is 0 Å². The molecule has 0 saturated heterocycles. The molecule has 4 heteroatoms. The Bertz CT molecular complexity index is 499. The number of nitrogens with one attached hydrogen (secondary N) is 1. The minimum Gasteiger partial charge on any atom is -0.326 e. The van der Waals surface area contributed by atoms with Crippen molar-refractivity contribution in [2.24, 2.45) is 5.73 Å². The number of nitrogens with two attached hydrogens (primary N) is 1. The molecule has 0 saturated carbocycles. The number of hydrogen-bond donors (Lipinski definition) is 2. The summed E-state index contributed by atoms with van der Waals surface area (Å²) in [5.74, 6) is 0. The molecule has 1 heterocycles. The number of aromatic amines is 1. The van der Waals surface area contributed by atoms with Crippen molar-refractivity contribution in [1.29, 1.82) is 0 Å². The summed E-state index contributed by atoms with van der Waals surface area (Å²) in [7, 11) is 0. The van der Waals surface area contributed by atoms with Crippen molar-refractivity contribution in [1.82, 2.24) is 10.2 Å². The van der Waals surface area contributed by atoms with Crippen molar-refractivity contribution in [3.05, 3.63) is 52.3 Å². The molecule has 2 aromatic rings. The van der Waals surface area contributed by atoms with Gasteiger partial charge < -0.3 is 5.73 Å². The van der Waals surface area contributed by atoms with E-state index in [1.54, 1.807) is 6.07 Å². The van der Waals surface area contributed by atoms with Gasteiger partial charge in [-0.05, 0) is 17.7 Å². The predicted molar refractivity (Wildman–Crippen MR) is 58.2 cm³/mol. The van der Waals surface area contributed by atoms with Gasteiger partial charge in [-0.25, -0.2) is 5.10 Å². The van der Waals surface area contributed by atoms with Crippen LogP contribution >= 0.6 is 0 Å². The summed E-state index contributed by atoms with van der Waals surface area (Å²) in [4.78, 5) is 10.8. The van der Waals surface area contributed by atoms with E-state index in [1.807, 2.05) is 24.3 Å². The maximum Gasteiger partial charge on any atom is 0.264 e. The van der Waals surface area contributed by atoms with Gasteiger partial charge in [-0.3, -0.25) is 4.79 Å². The number of nitrogens with zero attached hydrogens (tertiary/aromatic N) is 1. The molecule has 76 valence electrons. The van der Waals surface area contributed by atoms with Crippen LogP contribution in [0.15, 0.2) is 41.2 Å². The molecule has 4 nitrogen and oxygen atoms in total. The van der Waals surface area contributed by atoms with Crippen LogP contribution in [0, 0.1) is 0 Å². The van der Waals surface area contributed by atoms with E-state index >= 15 is 0 Å². The molecule has 0 spiro atoms. The van der Waals surface area contributed by atoms with E-state index in [0.717, 1.165) is 16.8 Å². The molecule has 0 bridgehead atoms. The minimum atomic E-state index is -0.200. The smallest absolute Gasteiger partial charge is 0.264 e. The molecule has 0 radical (unpaired) electrons. The highest BCUT2D eigenvalue weighted by atomic mass is 16.1. The molecule has 0 aliphatic heterocycles. The topological polar surface area (TPSA) is 71.8 Å². The molecule has 0 atom stereocenters. The highest BCUT2D eigenvalue weighted by Crippen LogP contribution is 2.16. The van der Waals surface area contributed by atoms with Gasteiger partial charge >= 0.3 is 0 Å². The van der Waals surface area contributed by atoms with Gasteiger partial charge in [0, 0.05) is 18.2 Å². The number of rotatable bonds is 2. The van der Waals surface area contributed by atoms with E-state index in [9.17, 15) is 4.79 Å². The Morgan fingerprint density at radius 2 is 2.13 bits per heavy atom. The maximum atomic E-state index is 10.8. The molecule has 0 amide bonds. The third-order valence-electron chi connectivity index (χ3n) is 2.14. The van der Waals surface area contributed by atoms with Gasteiger partial charge in [0.15, 0.2) is 0 Å². The molecular formula is C11H11N3O. The standard InChI is InChI=1S/C11H11N3O/c12-7-8-2-1-3-9(6-8)10-4-5-11(15)14-13-10/h1-6H,7,12H2,(H,14,15). The van der Waals surface area contributed by atoms with Crippen LogP contribution in [-0.4, -0.2) is 10.2 Å². The maximum absolute atomic E-state index is 10.8. The van der Waals surface area contributed by atoms with Gasteiger partial charge in [0.1, 0.15) is 0 Å². The second-order valence-corrected chi connectivity index (χ2v) is 3.21. The van der Waals surface area contributed by atoms with Crippen LogP contribution in [0.2, 0.25) is 0 Å². The average molecular weight is 201 g/mol. The number of aromatic nitrogens is 2. The van der Waals surface area contributed by atoms with Crippen molar-refractivity contribution in [2.45, 2.75) is 6.54 Å². The second-order valence-electron chi connectivity index (χ2n) is 3.21. The van der Waals surface area contributed by atoms with E-state index in [4.69, 9.17) is 5.73 Å². The van der Waals surface area contributed by atoms with E-state index in [-0.39, 0.29) is 5.56 Å². The van der Waals surface area contributed by atoms with Crippen LogP contribution in [0.1, 0.15) is 5.56 Å². The average Bonchev–Trinajstić information content (AvgIpc) is 2.30. The first-order chi connectivity index (χ1) is 7.29. The van der Waals surface area contributed by atoms with E-state index in [1.165, 1.54) is 6.07 Å². The summed E-state index contributed by atoms with van der Waals surface area (Å²) in [6.45, 7) is 0.497. The van der Waals surface area contributed by atoms with Gasteiger partial charge in [0.2, 0.25) is 0 Å². The van der Waals surface area contributed by atoms with E-state index in [0.29, 0.717) is 6.54 Å². The molecule has 0 aliphatic carbocycles. The van der Waals surface area contributed by atoms with Gasteiger partial charge in [0.25, 0.3) is 5.56 Å². The Labute approximate surface area is 86.8 Å². The zero-order chi connectivity index (χ0) is 10.7. The lowest BCUT2D eigenvalue weighted by molar-refractivity contribution is 0.993. The van der Waals surface area contributed by atoms with Crippen molar-refractivity contribution in [2.75, 3.05) is 0 Å². The molecule has 0 unspecified atom stereocenters. The van der Waals surface area contributed by atoms with Gasteiger partial charge in [-0.1, -0.05) is 18.2 Å². The molecule has 15 heavy (non-hydrogen) atoms. The predicted octanol–water partition coefficient (Wildman–Crippen LogP) is 0.896. The zero-order valence-electron chi connectivity index (χ0n) is 8.10. The number of benzene rings is 1. The highest BCUT2D eigenvalue weighted by Gasteiger charge is 1.99. The van der Waals surface area contributed by atoms with Gasteiger partial charge in [0.05, 0.1) is 5.69 Å². The largest absolute Gasteiger partial charge is 0.326 e. The first kappa shape index (κ1) is 9.61. The van der Waals surface area contributed by atoms with Crippen LogP contribution in [0.5, 0.6) is 0 Å². The summed E-state index contributed by atoms with van der Waals surface area (Å²) >= 11 is 0. The van der Waals surface area contributed by atoms with Gasteiger partial charge in [-0.15, -0.1) is 0 Å². The Hall–Kier alpha value is -1.94. The third-order valence-corrected chi connectivity index (χ3v) is 2.14. The normalized spacial score (nSPS) is 10.2. The highest BCUT2D eigenvalue weighted by molar-refractivity contribution is 5.59. The number of hydrogen-bond acceptors (Lipinski definition) is 3. The SMILES string of the molecule is NCc1cccc(-c2ccc(=O)[nH]n2)c1. The summed E-state index contributed by atoms with van der Waals surface area (Å²) < 4.78 is 0. The van der Waals surface area contributed by atoms with Crippen LogP contribution in [-0.2, 0) is 6.54 Å². The molecular weight excluding hydrogens is 190 g/mol. The molecule has 2 rings (SSSR count). The van der Waals surface area contributed by atoms with Crippen molar-refractivity contribution >= 4 is 0 Å². The lowest BCUT2D eigenvalue weighted by Gasteiger charge is -2.01. The van der Waals surface area contributed by atoms with Crippen molar-refractivity contribution in [3.8, 4) is 11.3 Å². The van der Waals surface area contributed by atoms with Crippen LogP contribution < -0.4 is 11.3 Å². The lowest BCUT2D eigenvalue weighted by atomic mass is 10.1. The van der Waals surface area contributed by atoms with Gasteiger partial charge in [-0.2, -0.15) is 5.10 Å². The molecule has 0 aliphatic rings. The fourth-order valence-corrected chi connectivity index (χ4v) is 1.36. The third kappa shape index (κ3) is 2.11. The van der Waals surface area contributed by atoms with E-state index in [2.05, 4.69) is 10.2 Å². The Balaban J connectivity index is 2.44. The quantitative estimate of drug-likeness (QED) is 0.758. The summed E-state index contributed by atoms with van der Waals surface area (Å²) in [6.07, 6.45) is 0. The monoisotopic (exact) mass is 201 g/mol. The first-order valence-corrected chi connectivity index (χ1v) is 4.65. The summed E-state index contributed by atoms with van der Waals surface area (Å²) in [5.41, 5.74) is 8.08. The molecule has 1 aromatic heterocycles. The Kier molecular flexibility index (Phi) is 2.60. The number of H-pyrrole nitrogens is 1. The van der Waals surface area contributed by atoms with Crippen LogP contribution in [0.25, 0.3) is 11.3 Å². The first-order valence-electron chi connectivity index (χ1n) is 4.65. The Morgan fingerprint density at radius 1 is 1.27 bits per heavy atom. The molecule has 1 aromatic carbocycles. The van der Waals surface area contributed by atoms with Crippen LogP contribution in [0.4, 0.5) is 0 Å². The lowest BCUT2D eigenvalue weighted by Crippen LogP contribution is -2.05. The zero-order valence-corrected chi connectivity index (χ0v) is 8.10. The van der Waals surface area contributed by atoms with E-state index < -0.39 is 0 Å². The molecule has 3 N–H and O–H groups in total. The van der Waals surface area contributed by atoms with Crippen molar-refractivity contribution in [3.63, 3.8) is 0 Å². The fourth-order valence-electron chi connectivity index (χ4n) is 1.36. The summed E-state index contributed by atoms with van der Waals surface area (Å²) in [5, 5.41) is 6.34. The second kappa shape index (κ2) is 4.06. The summed E-state index contributed by atoms with van der Waals surface area (Å²) in [6, 6.07) is 10.9.